The Bertz CT molecular complexity index is 1320. The lowest BCUT2D eigenvalue weighted by Crippen LogP contribution is -2.31. The molecule has 0 aromatic heterocycles. The van der Waals surface area contributed by atoms with Gasteiger partial charge in [-0.3, -0.25) is 9.10 Å². The minimum atomic E-state index is -3.95. The van der Waals surface area contributed by atoms with E-state index in [4.69, 9.17) is 14.2 Å². The van der Waals surface area contributed by atoms with Crippen molar-refractivity contribution in [2.75, 3.05) is 31.7 Å². The molecule has 0 fully saturated rings. The van der Waals surface area contributed by atoms with Gasteiger partial charge in [-0.15, -0.1) is 0 Å². The van der Waals surface area contributed by atoms with Crippen molar-refractivity contribution in [1.82, 2.24) is 0 Å². The van der Waals surface area contributed by atoms with Gasteiger partial charge < -0.3 is 14.2 Å². The number of carbonyl (C=O) groups excluding carboxylic acids is 2. The summed E-state index contributed by atoms with van der Waals surface area (Å²) in [6, 6.07) is 17.6. The number of benzene rings is 3. The van der Waals surface area contributed by atoms with E-state index in [2.05, 4.69) is 0 Å². The first-order valence-electron chi connectivity index (χ1n) is 10.8. The third-order valence-corrected chi connectivity index (χ3v) is 7.41. The van der Waals surface area contributed by atoms with Crippen LogP contribution >= 0.6 is 0 Å². The highest BCUT2D eigenvalue weighted by molar-refractivity contribution is 7.92. The Hall–Kier alpha value is -3.85. The maximum Gasteiger partial charge on any atom is 0.338 e. The molecule has 0 amide bonds. The Labute approximate surface area is 205 Å². The first-order chi connectivity index (χ1) is 16.7. The topological polar surface area (TPSA) is 99.2 Å². The summed E-state index contributed by atoms with van der Waals surface area (Å²) in [6.45, 7) is 3.08. The molecular formula is C26H27NO7S. The van der Waals surface area contributed by atoms with Crippen LogP contribution in [0.4, 0.5) is 5.69 Å². The number of rotatable bonds is 10. The summed E-state index contributed by atoms with van der Waals surface area (Å²) < 4.78 is 43.6. The smallest absolute Gasteiger partial charge is 0.338 e. The zero-order valence-corrected chi connectivity index (χ0v) is 20.8. The van der Waals surface area contributed by atoms with E-state index in [-0.39, 0.29) is 22.6 Å². The first kappa shape index (κ1) is 25.8. The number of esters is 1. The van der Waals surface area contributed by atoms with Crippen molar-refractivity contribution in [3.8, 4) is 11.5 Å². The minimum Gasteiger partial charge on any atom is -0.493 e. The van der Waals surface area contributed by atoms with Crippen molar-refractivity contribution in [3.05, 3.63) is 83.4 Å². The fourth-order valence-corrected chi connectivity index (χ4v) is 5.24. The lowest BCUT2D eigenvalue weighted by Gasteiger charge is -2.24. The number of Topliss-reactive ketones (excluding diaryl/α,β-unsaturated/α-hetero) is 1. The standard InChI is InChI=1S/C26H27NO7S/c1-5-27(21-9-7-6-8-10-21)35(30,31)25-16-20(12-11-18(25)2)26(29)34-17-22(28)19-13-14-23(32-3)24(15-19)33-4/h6-16H,5,17H2,1-4H3. The molecule has 0 aliphatic rings. The molecular weight excluding hydrogens is 470 g/mol. The Morgan fingerprint density at radius 3 is 2.14 bits per heavy atom. The fraction of sp³-hybridized carbons (Fsp3) is 0.231. The van der Waals surface area contributed by atoms with Crippen LogP contribution in [0.2, 0.25) is 0 Å². The molecule has 3 aromatic rings. The largest absolute Gasteiger partial charge is 0.493 e. The quantitative estimate of drug-likeness (QED) is 0.305. The van der Waals surface area contributed by atoms with Crippen molar-refractivity contribution in [3.63, 3.8) is 0 Å². The van der Waals surface area contributed by atoms with E-state index in [1.54, 1.807) is 56.3 Å². The van der Waals surface area contributed by atoms with Gasteiger partial charge in [-0.2, -0.15) is 0 Å². The van der Waals surface area contributed by atoms with E-state index in [0.29, 0.717) is 22.7 Å². The second kappa shape index (κ2) is 11.1. The summed E-state index contributed by atoms with van der Waals surface area (Å²) in [5, 5.41) is 0. The molecule has 0 bridgehead atoms. The molecule has 0 unspecified atom stereocenters. The van der Waals surface area contributed by atoms with Crippen LogP contribution in [-0.4, -0.2) is 47.5 Å². The molecule has 0 saturated carbocycles. The summed E-state index contributed by atoms with van der Waals surface area (Å²) >= 11 is 0. The van der Waals surface area contributed by atoms with Crippen LogP contribution in [0.15, 0.2) is 71.6 Å². The third kappa shape index (κ3) is 5.63. The van der Waals surface area contributed by atoms with E-state index in [1.165, 1.54) is 42.8 Å². The number of para-hydroxylation sites is 1. The number of carbonyl (C=O) groups is 2. The lowest BCUT2D eigenvalue weighted by atomic mass is 10.1. The molecule has 0 aliphatic carbocycles. The van der Waals surface area contributed by atoms with Crippen molar-refractivity contribution in [2.45, 2.75) is 18.7 Å². The Balaban J connectivity index is 1.80. The van der Waals surface area contributed by atoms with Crippen LogP contribution in [0, 0.1) is 6.92 Å². The molecule has 35 heavy (non-hydrogen) atoms. The second-order valence-electron chi connectivity index (χ2n) is 7.55. The molecule has 0 aliphatic heterocycles. The maximum absolute atomic E-state index is 13.4. The molecule has 3 rings (SSSR count). The van der Waals surface area contributed by atoms with E-state index >= 15 is 0 Å². The van der Waals surface area contributed by atoms with Crippen LogP contribution in [0.1, 0.15) is 33.2 Å². The fourth-order valence-electron chi connectivity index (χ4n) is 3.52. The van der Waals surface area contributed by atoms with Gasteiger partial charge in [-0.25, -0.2) is 13.2 Å². The number of sulfonamides is 1. The van der Waals surface area contributed by atoms with Crippen molar-refractivity contribution in [2.24, 2.45) is 0 Å². The van der Waals surface area contributed by atoms with Gasteiger partial charge in [0.1, 0.15) is 0 Å². The van der Waals surface area contributed by atoms with Crippen LogP contribution in [0.5, 0.6) is 11.5 Å². The molecule has 0 heterocycles. The summed E-state index contributed by atoms with van der Waals surface area (Å²) in [5.41, 5.74) is 1.31. The lowest BCUT2D eigenvalue weighted by molar-refractivity contribution is 0.0474. The predicted octanol–water partition coefficient (Wildman–Crippen LogP) is 4.27. The molecule has 184 valence electrons. The van der Waals surface area contributed by atoms with Crippen LogP contribution < -0.4 is 13.8 Å². The second-order valence-corrected chi connectivity index (χ2v) is 9.39. The normalized spacial score (nSPS) is 11.0. The number of hydrogen-bond donors (Lipinski definition) is 0. The van der Waals surface area contributed by atoms with Crippen LogP contribution in [-0.2, 0) is 14.8 Å². The number of anilines is 1. The van der Waals surface area contributed by atoms with Crippen molar-refractivity contribution in [1.29, 1.82) is 0 Å². The van der Waals surface area contributed by atoms with Gasteiger partial charge >= 0.3 is 5.97 Å². The Kier molecular flexibility index (Phi) is 8.14. The van der Waals surface area contributed by atoms with Gasteiger partial charge in [0.2, 0.25) is 0 Å². The average Bonchev–Trinajstić information content (AvgIpc) is 2.87. The van der Waals surface area contributed by atoms with Crippen molar-refractivity contribution < 1.29 is 32.2 Å². The predicted molar refractivity (Wildman–Crippen MR) is 132 cm³/mol. The van der Waals surface area contributed by atoms with Gasteiger partial charge in [0.25, 0.3) is 10.0 Å². The number of nitrogens with zero attached hydrogens (tertiary/aromatic N) is 1. The zero-order chi connectivity index (χ0) is 25.6. The molecule has 0 radical (unpaired) electrons. The van der Waals surface area contributed by atoms with E-state index in [0.717, 1.165) is 0 Å². The van der Waals surface area contributed by atoms with E-state index < -0.39 is 28.4 Å². The average molecular weight is 498 g/mol. The molecule has 0 saturated heterocycles. The maximum atomic E-state index is 13.4. The molecule has 3 aromatic carbocycles. The van der Waals surface area contributed by atoms with Crippen molar-refractivity contribution >= 4 is 27.5 Å². The SMILES string of the molecule is CCN(c1ccccc1)S(=O)(=O)c1cc(C(=O)OCC(=O)c2ccc(OC)c(OC)c2)ccc1C. The van der Waals surface area contributed by atoms with Gasteiger partial charge in [-0.1, -0.05) is 24.3 Å². The molecule has 9 heteroatoms. The van der Waals surface area contributed by atoms with Crippen LogP contribution in [0.3, 0.4) is 0 Å². The highest BCUT2D eigenvalue weighted by Gasteiger charge is 2.27. The number of hydrogen-bond acceptors (Lipinski definition) is 7. The van der Waals surface area contributed by atoms with E-state index in [9.17, 15) is 18.0 Å². The van der Waals surface area contributed by atoms with Crippen LogP contribution in [0.25, 0.3) is 0 Å². The van der Waals surface area contributed by atoms with Gasteiger partial charge in [-0.05, 0) is 61.9 Å². The summed E-state index contributed by atoms with van der Waals surface area (Å²) in [5.74, 6) is -0.415. The zero-order valence-electron chi connectivity index (χ0n) is 20.0. The summed E-state index contributed by atoms with van der Waals surface area (Å²) in [4.78, 5) is 25.2. The Morgan fingerprint density at radius 1 is 0.857 bits per heavy atom. The van der Waals surface area contributed by atoms with Gasteiger partial charge in [0.05, 0.1) is 30.4 Å². The molecule has 0 N–H and O–H groups in total. The highest BCUT2D eigenvalue weighted by Crippen LogP contribution is 2.28. The third-order valence-electron chi connectivity index (χ3n) is 5.36. The number of methoxy groups -OCH3 is 2. The minimum absolute atomic E-state index is 0.0103. The van der Waals surface area contributed by atoms with E-state index in [1.807, 2.05) is 0 Å². The number of aryl methyl sites for hydroxylation is 1. The monoisotopic (exact) mass is 497 g/mol. The summed E-state index contributed by atoms with van der Waals surface area (Å²) in [6.07, 6.45) is 0. The molecule has 0 spiro atoms. The molecule has 8 nitrogen and oxygen atoms in total. The van der Waals surface area contributed by atoms with Gasteiger partial charge in [0.15, 0.2) is 23.9 Å². The highest BCUT2D eigenvalue weighted by atomic mass is 32.2. The van der Waals surface area contributed by atoms with Gasteiger partial charge in [0, 0.05) is 12.1 Å². The summed E-state index contributed by atoms with van der Waals surface area (Å²) in [7, 11) is -1.01. The number of ether oxygens (including phenoxy) is 3. The molecule has 0 atom stereocenters. The Morgan fingerprint density at radius 2 is 1.51 bits per heavy atom. The first-order valence-corrected chi connectivity index (χ1v) is 12.3. The number of ketones is 1.